The largest absolute Gasteiger partial charge is 0.346 e. The summed E-state index contributed by atoms with van der Waals surface area (Å²) in [5.74, 6) is -2.51. The lowest BCUT2D eigenvalue weighted by molar-refractivity contribution is 0.0907. The van der Waals surface area contributed by atoms with Gasteiger partial charge >= 0.3 is 0 Å². The Morgan fingerprint density at radius 2 is 2.00 bits per heavy atom. The van der Waals surface area contributed by atoms with Gasteiger partial charge in [-0.2, -0.15) is 0 Å². The zero-order valence-electron chi connectivity index (χ0n) is 10.1. The molecule has 0 aliphatic carbocycles. The first-order chi connectivity index (χ1) is 7.78. The molecular formula is C12H16F2N2O. The van der Waals surface area contributed by atoms with Crippen LogP contribution in [-0.2, 0) is 0 Å². The normalized spacial score (nSPS) is 11.4. The highest BCUT2D eigenvalue weighted by Crippen LogP contribution is 2.17. The topological polar surface area (TPSA) is 55.1 Å². The van der Waals surface area contributed by atoms with Gasteiger partial charge < -0.3 is 11.1 Å². The molecule has 0 radical (unpaired) electrons. The van der Waals surface area contributed by atoms with Crippen molar-refractivity contribution in [2.24, 2.45) is 5.73 Å². The molecule has 0 atom stereocenters. The molecule has 1 aromatic carbocycles. The first kappa shape index (κ1) is 13.6. The number of rotatable bonds is 3. The van der Waals surface area contributed by atoms with Crippen LogP contribution in [0.3, 0.4) is 0 Å². The number of hydrogen-bond acceptors (Lipinski definition) is 2. The predicted octanol–water partition coefficient (Wildman–Crippen LogP) is 1.74. The molecule has 0 aliphatic rings. The molecule has 1 aromatic rings. The molecule has 17 heavy (non-hydrogen) atoms. The van der Waals surface area contributed by atoms with Crippen LogP contribution >= 0.6 is 0 Å². The monoisotopic (exact) mass is 242 g/mol. The van der Waals surface area contributed by atoms with Crippen LogP contribution in [0, 0.1) is 18.6 Å². The average molecular weight is 242 g/mol. The number of nitrogens with two attached hydrogens (primary N) is 1. The number of amides is 1. The number of halogens is 2. The molecule has 1 amide bonds. The van der Waals surface area contributed by atoms with Crippen LogP contribution in [-0.4, -0.2) is 18.0 Å². The van der Waals surface area contributed by atoms with Gasteiger partial charge in [0.15, 0.2) is 0 Å². The first-order valence-corrected chi connectivity index (χ1v) is 5.25. The second kappa shape index (κ2) is 4.79. The summed E-state index contributed by atoms with van der Waals surface area (Å²) in [5, 5.41) is 2.49. The van der Waals surface area contributed by atoms with E-state index in [0.29, 0.717) is 0 Å². The third-order valence-electron chi connectivity index (χ3n) is 2.47. The Hall–Kier alpha value is -1.49. The van der Waals surface area contributed by atoms with Crippen molar-refractivity contribution in [3.63, 3.8) is 0 Å². The van der Waals surface area contributed by atoms with Crippen LogP contribution in [0.5, 0.6) is 0 Å². The van der Waals surface area contributed by atoms with Crippen LogP contribution in [0.1, 0.15) is 29.8 Å². The van der Waals surface area contributed by atoms with E-state index in [4.69, 9.17) is 5.73 Å². The third-order valence-corrected chi connectivity index (χ3v) is 2.47. The van der Waals surface area contributed by atoms with E-state index in [0.717, 1.165) is 6.07 Å². The Kier molecular flexibility index (Phi) is 3.83. The Bertz CT molecular complexity index is 444. The fourth-order valence-corrected chi connectivity index (χ4v) is 1.29. The van der Waals surface area contributed by atoms with E-state index in [9.17, 15) is 13.6 Å². The molecule has 0 heterocycles. The van der Waals surface area contributed by atoms with Crippen molar-refractivity contribution < 1.29 is 13.6 Å². The smallest absolute Gasteiger partial charge is 0.257 e. The highest BCUT2D eigenvalue weighted by Gasteiger charge is 2.24. The Labute approximate surface area is 99.0 Å². The Morgan fingerprint density at radius 1 is 1.41 bits per heavy atom. The van der Waals surface area contributed by atoms with Crippen molar-refractivity contribution in [1.82, 2.24) is 5.32 Å². The molecule has 0 aromatic heterocycles. The maximum Gasteiger partial charge on any atom is 0.257 e. The maximum absolute atomic E-state index is 13.7. The van der Waals surface area contributed by atoms with Crippen molar-refractivity contribution in [1.29, 1.82) is 0 Å². The van der Waals surface area contributed by atoms with E-state index >= 15 is 0 Å². The van der Waals surface area contributed by atoms with E-state index in [2.05, 4.69) is 5.32 Å². The quantitative estimate of drug-likeness (QED) is 0.848. The summed E-state index contributed by atoms with van der Waals surface area (Å²) in [6.45, 7) is 5.00. The second-order valence-corrected chi connectivity index (χ2v) is 4.60. The minimum absolute atomic E-state index is 0.174. The maximum atomic E-state index is 13.7. The number of carbonyl (C=O) groups excluding carboxylic acids is 1. The summed E-state index contributed by atoms with van der Waals surface area (Å²) in [7, 11) is 0. The average Bonchev–Trinajstić information content (AvgIpc) is 2.23. The fraction of sp³-hybridized carbons (Fsp3) is 0.417. The summed E-state index contributed by atoms with van der Waals surface area (Å²) in [6, 6.07) is 2.36. The van der Waals surface area contributed by atoms with E-state index in [-0.39, 0.29) is 12.1 Å². The van der Waals surface area contributed by atoms with Gasteiger partial charge in [0.1, 0.15) is 17.2 Å². The van der Waals surface area contributed by atoms with Crippen molar-refractivity contribution >= 4 is 5.91 Å². The van der Waals surface area contributed by atoms with Crippen LogP contribution < -0.4 is 11.1 Å². The summed E-state index contributed by atoms with van der Waals surface area (Å²) in [5.41, 5.74) is 4.39. The highest BCUT2D eigenvalue weighted by atomic mass is 19.1. The molecule has 0 bridgehead atoms. The van der Waals surface area contributed by atoms with Crippen LogP contribution in [0.4, 0.5) is 8.78 Å². The third kappa shape index (κ3) is 3.00. The van der Waals surface area contributed by atoms with Gasteiger partial charge in [-0.05, 0) is 32.4 Å². The Morgan fingerprint density at radius 3 is 2.53 bits per heavy atom. The molecular weight excluding hydrogens is 226 g/mol. The lowest BCUT2D eigenvalue weighted by atomic mass is 10.0. The van der Waals surface area contributed by atoms with Crippen molar-refractivity contribution in [3.8, 4) is 0 Å². The van der Waals surface area contributed by atoms with Crippen molar-refractivity contribution in [2.75, 3.05) is 6.54 Å². The van der Waals surface area contributed by atoms with Gasteiger partial charge in [-0.25, -0.2) is 8.78 Å². The molecule has 0 saturated heterocycles. The molecule has 5 heteroatoms. The molecule has 0 fully saturated rings. The van der Waals surface area contributed by atoms with Gasteiger partial charge in [0.2, 0.25) is 0 Å². The second-order valence-electron chi connectivity index (χ2n) is 4.60. The van der Waals surface area contributed by atoms with Crippen LogP contribution in [0.15, 0.2) is 12.1 Å². The number of benzene rings is 1. The van der Waals surface area contributed by atoms with Gasteiger partial charge in [0.05, 0.1) is 0 Å². The van der Waals surface area contributed by atoms with E-state index in [1.54, 1.807) is 13.8 Å². The number of nitrogens with one attached hydrogen (secondary N) is 1. The molecule has 1 rings (SSSR count). The summed E-state index contributed by atoms with van der Waals surface area (Å²) >= 11 is 0. The minimum atomic E-state index is -0.876. The SMILES string of the molecule is Cc1ccc(F)c(C(=O)NC(C)(C)CN)c1F. The predicted molar refractivity (Wildman–Crippen MR) is 61.7 cm³/mol. The number of aryl methyl sites for hydroxylation is 1. The van der Waals surface area contributed by atoms with Gasteiger partial charge in [-0.3, -0.25) is 4.79 Å². The van der Waals surface area contributed by atoms with Gasteiger partial charge in [0.25, 0.3) is 5.91 Å². The van der Waals surface area contributed by atoms with Crippen molar-refractivity contribution in [2.45, 2.75) is 26.3 Å². The molecule has 3 nitrogen and oxygen atoms in total. The van der Waals surface area contributed by atoms with Crippen molar-refractivity contribution in [3.05, 3.63) is 34.9 Å². The molecule has 94 valence electrons. The van der Waals surface area contributed by atoms with Crippen LogP contribution in [0.2, 0.25) is 0 Å². The zero-order chi connectivity index (χ0) is 13.2. The molecule has 3 N–H and O–H groups in total. The lowest BCUT2D eigenvalue weighted by Crippen LogP contribution is -2.49. The molecule has 0 aliphatic heterocycles. The minimum Gasteiger partial charge on any atom is -0.346 e. The highest BCUT2D eigenvalue weighted by molar-refractivity contribution is 5.95. The zero-order valence-corrected chi connectivity index (χ0v) is 10.1. The van der Waals surface area contributed by atoms with E-state index < -0.39 is 28.6 Å². The summed E-state index contributed by atoms with van der Waals surface area (Å²) < 4.78 is 27.1. The van der Waals surface area contributed by atoms with Gasteiger partial charge in [0, 0.05) is 12.1 Å². The Balaban J connectivity index is 3.09. The number of hydrogen-bond donors (Lipinski definition) is 2. The summed E-state index contributed by atoms with van der Waals surface area (Å²) in [6.07, 6.45) is 0. The first-order valence-electron chi connectivity index (χ1n) is 5.25. The molecule has 0 spiro atoms. The van der Waals surface area contributed by atoms with Gasteiger partial charge in [-0.1, -0.05) is 6.07 Å². The molecule has 0 unspecified atom stereocenters. The standard InChI is InChI=1S/C12H16F2N2O/c1-7-4-5-8(13)9(10(7)14)11(17)16-12(2,3)6-15/h4-5H,6,15H2,1-3H3,(H,16,17). The fourth-order valence-electron chi connectivity index (χ4n) is 1.29. The lowest BCUT2D eigenvalue weighted by Gasteiger charge is -2.24. The van der Waals surface area contributed by atoms with Gasteiger partial charge in [-0.15, -0.1) is 0 Å². The van der Waals surface area contributed by atoms with E-state index in [1.165, 1.54) is 13.0 Å². The van der Waals surface area contributed by atoms with Crippen LogP contribution in [0.25, 0.3) is 0 Å². The number of carbonyl (C=O) groups is 1. The molecule has 0 saturated carbocycles. The van der Waals surface area contributed by atoms with E-state index in [1.807, 2.05) is 0 Å². The summed E-state index contributed by atoms with van der Waals surface area (Å²) in [4.78, 5) is 11.8.